The lowest BCUT2D eigenvalue weighted by molar-refractivity contribution is -0.00767. The van der Waals surface area contributed by atoms with E-state index in [0.717, 1.165) is 17.6 Å². The minimum absolute atomic E-state index is 0.604. The summed E-state index contributed by atoms with van der Waals surface area (Å²) >= 11 is 2.01. The van der Waals surface area contributed by atoms with E-state index < -0.39 is 0 Å². The maximum absolute atomic E-state index is 3.76. The van der Waals surface area contributed by atoms with Gasteiger partial charge in [0.1, 0.15) is 0 Å². The first-order valence-corrected chi connectivity index (χ1v) is 7.19. The summed E-state index contributed by atoms with van der Waals surface area (Å²) in [6.45, 7) is 8.66. The van der Waals surface area contributed by atoms with Gasteiger partial charge in [-0.1, -0.05) is 31.6 Å². The van der Waals surface area contributed by atoms with Crippen LogP contribution in [0.1, 0.15) is 33.1 Å². The molecule has 0 radical (unpaired) electrons. The Hall–Kier alpha value is -0.170. The highest BCUT2D eigenvalue weighted by atomic mass is 32.2. The smallest absolute Gasteiger partial charge is 0.0110 e. The van der Waals surface area contributed by atoms with Crippen molar-refractivity contribution in [2.45, 2.75) is 33.1 Å². The Bertz CT molecular complexity index is 275. The normalized spacial score (nSPS) is 31.7. The number of rotatable bonds is 5. The van der Waals surface area contributed by atoms with E-state index >= 15 is 0 Å². The second-order valence-corrected chi connectivity index (χ2v) is 6.58. The van der Waals surface area contributed by atoms with Crippen molar-refractivity contribution in [1.82, 2.24) is 0 Å². The van der Waals surface area contributed by atoms with Crippen molar-refractivity contribution in [3.63, 3.8) is 0 Å². The molecule has 3 aliphatic rings. The highest BCUT2D eigenvalue weighted by Crippen LogP contribution is 2.59. The van der Waals surface area contributed by atoms with E-state index in [4.69, 9.17) is 0 Å². The van der Waals surface area contributed by atoms with Crippen LogP contribution in [0.4, 0.5) is 0 Å². The molecule has 1 fully saturated rings. The number of hydrogen-bond acceptors (Lipinski definition) is 1. The van der Waals surface area contributed by atoms with Crippen LogP contribution in [-0.4, -0.2) is 11.5 Å². The number of hydrogen-bond donors (Lipinski definition) is 0. The zero-order valence-corrected chi connectivity index (χ0v) is 10.8. The van der Waals surface area contributed by atoms with Crippen LogP contribution in [0, 0.1) is 17.3 Å². The van der Waals surface area contributed by atoms with Crippen LogP contribution < -0.4 is 0 Å². The van der Waals surface area contributed by atoms with Crippen LogP contribution in [0.5, 0.6) is 0 Å². The summed E-state index contributed by atoms with van der Waals surface area (Å²) < 4.78 is 0. The molecule has 2 atom stereocenters. The molecule has 0 saturated heterocycles. The third-order valence-corrected chi connectivity index (χ3v) is 5.32. The van der Waals surface area contributed by atoms with E-state index in [-0.39, 0.29) is 0 Å². The summed E-state index contributed by atoms with van der Waals surface area (Å²) in [5, 5.41) is 0. The summed E-state index contributed by atoms with van der Waals surface area (Å²) in [5.74, 6) is 4.26. The SMILES string of the molecule is C=CCSCCC1=CCC2CC1C2(C)C. The van der Waals surface area contributed by atoms with Gasteiger partial charge in [0, 0.05) is 5.75 Å². The van der Waals surface area contributed by atoms with Gasteiger partial charge < -0.3 is 0 Å². The third-order valence-electron chi connectivity index (χ3n) is 4.35. The highest BCUT2D eigenvalue weighted by molar-refractivity contribution is 7.99. The van der Waals surface area contributed by atoms with Gasteiger partial charge in [0.15, 0.2) is 0 Å². The van der Waals surface area contributed by atoms with Crippen LogP contribution in [0.2, 0.25) is 0 Å². The van der Waals surface area contributed by atoms with Gasteiger partial charge in [-0.05, 0) is 42.3 Å². The van der Waals surface area contributed by atoms with E-state index in [1.165, 1.54) is 25.0 Å². The molecule has 0 nitrogen and oxygen atoms in total. The van der Waals surface area contributed by atoms with Gasteiger partial charge in [-0.2, -0.15) is 11.8 Å². The molecular formula is C14H22S. The van der Waals surface area contributed by atoms with Gasteiger partial charge in [0.05, 0.1) is 0 Å². The molecular weight excluding hydrogens is 200 g/mol. The van der Waals surface area contributed by atoms with Crippen molar-refractivity contribution < 1.29 is 0 Å². The van der Waals surface area contributed by atoms with Gasteiger partial charge in [0.25, 0.3) is 0 Å². The van der Waals surface area contributed by atoms with Crippen molar-refractivity contribution in [2.24, 2.45) is 17.3 Å². The molecule has 0 N–H and O–H groups in total. The predicted octanol–water partition coefficient (Wildman–Crippen LogP) is 4.29. The van der Waals surface area contributed by atoms with Crippen LogP contribution in [0.3, 0.4) is 0 Å². The quantitative estimate of drug-likeness (QED) is 0.494. The summed E-state index contributed by atoms with van der Waals surface area (Å²) in [6, 6.07) is 0. The summed E-state index contributed by atoms with van der Waals surface area (Å²) in [6.07, 6.45) is 8.64. The number of allylic oxidation sites excluding steroid dienone is 2. The number of fused-ring (bicyclic) bond motifs is 1. The molecule has 1 saturated carbocycles. The predicted molar refractivity (Wildman–Crippen MR) is 70.2 cm³/mol. The van der Waals surface area contributed by atoms with Crippen LogP contribution in [-0.2, 0) is 0 Å². The Kier molecular flexibility index (Phi) is 3.30. The van der Waals surface area contributed by atoms with Gasteiger partial charge >= 0.3 is 0 Å². The Morgan fingerprint density at radius 2 is 2.40 bits per heavy atom. The van der Waals surface area contributed by atoms with Crippen molar-refractivity contribution in [1.29, 1.82) is 0 Å². The maximum atomic E-state index is 3.76. The summed E-state index contributed by atoms with van der Waals surface area (Å²) in [4.78, 5) is 0. The summed E-state index contributed by atoms with van der Waals surface area (Å²) in [5.41, 5.74) is 2.35. The lowest BCUT2D eigenvalue weighted by Gasteiger charge is -2.56. The number of thioether (sulfide) groups is 1. The molecule has 0 aliphatic heterocycles. The average Bonchev–Trinajstić information content (AvgIpc) is 2.24. The fraction of sp³-hybridized carbons (Fsp3) is 0.714. The first-order valence-electron chi connectivity index (χ1n) is 6.04. The van der Waals surface area contributed by atoms with Gasteiger partial charge in [0.2, 0.25) is 0 Å². The lowest BCUT2D eigenvalue weighted by atomic mass is 9.48. The molecule has 2 unspecified atom stereocenters. The Balaban J connectivity index is 1.83. The van der Waals surface area contributed by atoms with Crippen molar-refractivity contribution in [3.05, 3.63) is 24.3 Å². The van der Waals surface area contributed by atoms with E-state index in [1.807, 2.05) is 17.8 Å². The zero-order chi connectivity index (χ0) is 10.9. The molecule has 15 heavy (non-hydrogen) atoms. The fourth-order valence-electron chi connectivity index (χ4n) is 3.11. The molecule has 0 aromatic rings. The van der Waals surface area contributed by atoms with E-state index in [2.05, 4.69) is 26.5 Å². The highest BCUT2D eigenvalue weighted by Gasteiger charge is 2.50. The van der Waals surface area contributed by atoms with Crippen molar-refractivity contribution in [3.8, 4) is 0 Å². The largest absolute Gasteiger partial charge is 0.158 e. The Morgan fingerprint density at radius 3 is 3.00 bits per heavy atom. The molecule has 0 heterocycles. The second kappa shape index (κ2) is 4.37. The molecule has 0 amide bonds. The Morgan fingerprint density at radius 1 is 1.60 bits per heavy atom. The standard InChI is InChI=1S/C14H22S/c1-4-8-15-9-7-11-5-6-12-10-13(11)14(12,2)3/h4-5,12-13H,1,6-10H2,2-3H3. The fourth-order valence-corrected chi connectivity index (χ4v) is 3.83. The van der Waals surface area contributed by atoms with Crippen molar-refractivity contribution in [2.75, 3.05) is 11.5 Å². The van der Waals surface area contributed by atoms with E-state index in [9.17, 15) is 0 Å². The molecule has 0 spiro atoms. The topological polar surface area (TPSA) is 0 Å². The molecule has 3 aliphatic carbocycles. The van der Waals surface area contributed by atoms with Gasteiger partial charge in [-0.3, -0.25) is 0 Å². The summed E-state index contributed by atoms with van der Waals surface area (Å²) in [7, 11) is 0. The molecule has 0 aromatic carbocycles. The first kappa shape index (κ1) is 11.3. The van der Waals surface area contributed by atoms with Crippen molar-refractivity contribution >= 4 is 11.8 Å². The van der Waals surface area contributed by atoms with Gasteiger partial charge in [-0.25, -0.2) is 0 Å². The second-order valence-electron chi connectivity index (χ2n) is 5.43. The lowest BCUT2D eigenvalue weighted by Crippen LogP contribution is -2.48. The minimum atomic E-state index is 0.604. The molecule has 0 aromatic heterocycles. The molecule has 2 bridgehead atoms. The van der Waals surface area contributed by atoms with Gasteiger partial charge in [-0.15, -0.1) is 6.58 Å². The van der Waals surface area contributed by atoms with E-state index in [1.54, 1.807) is 5.57 Å². The average molecular weight is 222 g/mol. The van der Waals surface area contributed by atoms with Crippen LogP contribution in [0.25, 0.3) is 0 Å². The van der Waals surface area contributed by atoms with E-state index in [0.29, 0.717) is 5.41 Å². The Labute approximate surface area is 98.2 Å². The molecule has 1 heteroatoms. The monoisotopic (exact) mass is 222 g/mol. The molecule has 84 valence electrons. The third kappa shape index (κ3) is 2.04. The zero-order valence-electron chi connectivity index (χ0n) is 9.96. The maximum Gasteiger partial charge on any atom is 0.0110 e. The van der Waals surface area contributed by atoms with Crippen LogP contribution >= 0.6 is 11.8 Å². The first-order chi connectivity index (χ1) is 7.16. The molecule has 3 rings (SSSR count). The van der Waals surface area contributed by atoms with Crippen LogP contribution in [0.15, 0.2) is 24.3 Å². The minimum Gasteiger partial charge on any atom is -0.158 e.